The van der Waals surface area contributed by atoms with Crippen LogP contribution in [0.1, 0.15) is 12.5 Å². The lowest BCUT2D eigenvalue weighted by Crippen LogP contribution is -1.95. The zero-order valence-electron chi connectivity index (χ0n) is 28.6. The van der Waals surface area contributed by atoms with Gasteiger partial charge in [-0.1, -0.05) is 153 Å². The van der Waals surface area contributed by atoms with Crippen molar-refractivity contribution < 1.29 is 0 Å². The van der Waals surface area contributed by atoms with Crippen molar-refractivity contribution in [3.05, 3.63) is 200 Å². The van der Waals surface area contributed by atoms with E-state index in [1.165, 1.54) is 88.7 Å². The molecule has 0 N–H and O–H groups in total. The molecule has 1 heterocycles. The molecule has 0 saturated carbocycles. The highest BCUT2D eigenvalue weighted by atomic mass is 15.0. The van der Waals surface area contributed by atoms with Gasteiger partial charge in [-0.25, -0.2) is 0 Å². The fourth-order valence-electron chi connectivity index (χ4n) is 7.59. The van der Waals surface area contributed by atoms with Gasteiger partial charge in [-0.2, -0.15) is 0 Å². The predicted octanol–water partition coefficient (Wildman–Crippen LogP) is 13.7. The fraction of sp³-hybridized carbons (Fsp3) is 0.0400. The first kappa shape index (κ1) is 30.6. The van der Waals surface area contributed by atoms with Crippen molar-refractivity contribution in [2.45, 2.75) is 13.3 Å². The lowest BCUT2D eigenvalue weighted by molar-refractivity contribution is 1.14. The minimum absolute atomic E-state index is 0.962. The van der Waals surface area contributed by atoms with Crippen molar-refractivity contribution in [1.82, 2.24) is 4.57 Å². The number of aryl methyl sites for hydroxylation is 1. The van der Waals surface area contributed by atoms with Crippen molar-refractivity contribution >= 4 is 21.8 Å². The Kier molecular flexibility index (Phi) is 7.87. The van der Waals surface area contributed by atoms with E-state index < -0.39 is 0 Å². The molecule has 242 valence electrons. The molecule has 0 aliphatic carbocycles. The van der Waals surface area contributed by atoms with Crippen LogP contribution in [0, 0.1) is 0 Å². The summed E-state index contributed by atoms with van der Waals surface area (Å²) in [4.78, 5) is 0. The molecule has 9 rings (SSSR count). The third-order valence-corrected chi connectivity index (χ3v) is 10.2. The summed E-state index contributed by atoms with van der Waals surface area (Å²) >= 11 is 0. The van der Waals surface area contributed by atoms with Gasteiger partial charge < -0.3 is 4.57 Å². The second-order valence-corrected chi connectivity index (χ2v) is 13.3. The van der Waals surface area contributed by atoms with E-state index in [-0.39, 0.29) is 0 Å². The van der Waals surface area contributed by atoms with E-state index in [0.29, 0.717) is 0 Å². The summed E-state index contributed by atoms with van der Waals surface area (Å²) in [6.45, 7) is 2.25. The molecule has 1 aromatic heterocycles. The third-order valence-electron chi connectivity index (χ3n) is 10.2. The molecule has 0 bridgehead atoms. The molecule has 0 unspecified atom stereocenters. The smallest absolute Gasteiger partial charge is 0.0541 e. The normalized spacial score (nSPS) is 11.3. The van der Waals surface area contributed by atoms with E-state index in [0.717, 1.165) is 6.42 Å². The highest BCUT2D eigenvalue weighted by Crippen LogP contribution is 2.38. The van der Waals surface area contributed by atoms with E-state index in [2.05, 4.69) is 206 Å². The van der Waals surface area contributed by atoms with Crippen LogP contribution in [-0.2, 0) is 6.42 Å². The number of para-hydroxylation sites is 1. The highest BCUT2D eigenvalue weighted by molar-refractivity contribution is 6.10. The van der Waals surface area contributed by atoms with Gasteiger partial charge in [0.25, 0.3) is 0 Å². The van der Waals surface area contributed by atoms with Crippen LogP contribution in [0.25, 0.3) is 83.1 Å². The van der Waals surface area contributed by atoms with Crippen molar-refractivity contribution in [3.63, 3.8) is 0 Å². The molecule has 0 fully saturated rings. The quantitative estimate of drug-likeness (QED) is 0.162. The second-order valence-electron chi connectivity index (χ2n) is 13.3. The zero-order valence-corrected chi connectivity index (χ0v) is 28.6. The molecule has 0 aliphatic rings. The fourth-order valence-corrected chi connectivity index (χ4v) is 7.59. The molecular weight excluding hydrogens is 615 g/mol. The van der Waals surface area contributed by atoms with Gasteiger partial charge in [0.1, 0.15) is 0 Å². The first-order valence-electron chi connectivity index (χ1n) is 17.8. The summed E-state index contributed by atoms with van der Waals surface area (Å²) in [7, 11) is 0. The maximum atomic E-state index is 2.42. The summed E-state index contributed by atoms with van der Waals surface area (Å²) in [6, 6.07) is 70.8. The van der Waals surface area contributed by atoms with E-state index in [1.807, 2.05) is 0 Å². The summed E-state index contributed by atoms with van der Waals surface area (Å²) < 4.78 is 2.42. The summed E-state index contributed by atoms with van der Waals surface area (Å²) in [5.74, 6) is 0. The molecule has 8 aromatic carbocycles. The maximum absolute atomic E-state index is 2.42. The van der Waals surface area contributed by atoms with Gasteiger partial charge in [0.05, 0.1) is 11.0 Å². The zero-order chi connectivity index (χ0) is 34.1. The molecule has 0 radical (unpaired) electrons. The predicted molar refractivity (Wildman–Crippen MR) is 217 cm³/mol. The van der Waals surface area contributed by atoms with Crippen LogP contribution in [0.3, 0.4) is 0 Å². The highest BCUT2D eigenvalue weighted by Gasteiger charge is 2.15. The third kappa shape index (κ3) is 5.73. The maximum Gasteiger partial charge on any atom is 0.0541 e. The number of rotatable bonds is 7. The van der Waals surface area contributed by atoms with Crippen molar-refractivity contribution in [1.29, 1.82) is 0 Å². The largest absolute Gasteiger partial charge is 0.309 e. The average molecular weight is 652 g/mol. The molecule has 51 heavy (non-hydrogen) atoms. The molecule has 0 spiro atoms. The lowest BCUT2D eigenvalue weighted by Gasteiger charge is -2.15. The average Bonchev–Trinajstić information content (AvgIpc) is 3.55. The molecule has 0 saturated heterocycles. The number of hydrogen-bond donors (Lipinski definition) is 0. The molecule has 0 aliphatic heterocycles. The van der Waals surface area contributed by atoms with Crippen LogP contribution in [0.15, 0.2) is 194 Å². The van der Waals surface area contributed by atoms with Gasteiger partial charge in [-0.15, -0.1) is 0 Å². The van der Waals surface area contributed by atoms with Crippen LogP contribution < -0.4 is 0 Å². The minimum atomic E-state index is 0.962. The van der Waals surface area contributed by atoms with E-state index in [1.54, 1.807) is 0 Å². The monoisotopic (exact) mass is 651 g/mol. The van der Waals surface area contributed by atoms with Gasteiger partial charge in [-0.3, -0.25) is 0 Å². The van der Waals surface area contributed by atoms with Crippen molar-refractivity contribution in [3.8, 4) is 61.3 Å². The number of hydrogen-bond acceptors (Lipinski definition) is 0. The van der Waals surface area contributed by atoms with Gasteiger partial charge >= 0.3 is 0 Å². The Balaban J connectivity index is 1.12. The summed E-state index contributed by atoms with van der Waals surface area (Å²) in [5, 5.41) is 2.53. The van der Waals surface area contributed by atoms with Crippen molar-refractivity contribution in [2.24, 2.45) is 0 Å². The summed E-state index contributed by atoms with van der Waals surface area (Å²) in [5.41, 5.74) is 17.2. The Morgan fingerprint density at radius 3 is 1.49 bits per heavy atom. The molecule has 0 amide bonds. The van der Waals surface area contributed by atoms with Crippen LogP contribution >= 0.6 is 0 Å². The van der Waals surface area contributed by atoms with Crippen LogP contribution in [0.5, 0.6) is 0 Å². The number of benzene rings is 8. The standard InChI is InChI=1S/C50H37N/c1-2-35-26-27-43(41-21-12-20-40(31-41)39-19-11-18-38(30-39)36-14-5-3-6-15-36)33-47(35)44-22-13-23-45(32-44)51-49-25-10-9-24-46(49)48-34-42(28-29-50(48)51)37-16-7-4-8-17-37/h3-34H,2H2,1H3. The van der Waals surface area contributed by atoms with Gasteiger partial charge in [0.15, 0.2) is 0 Å². The minimum Gasteiger partial charge on any atom is -0.309 e. The molecule has 1 nitrogen and oxygen atoms in total. The number of nitrogens with zero attached hydrogens (tertiary/aromatic N) is 1. The first-order chi connectivity index (χ1) is 25.2. The Morgan fingerprint density at radius 1 is 0.333 bits per heavy atom. The Morgan fingerprint density at radius 2 is 0.824 bits per heavy atom. The van der Waals surface area contributed by atoms with Gasteiger partial charge in [0, 0.05) is 16.5 Å². The molecule has 9 aromatic rings. The Labute approximate surface area is 299 Å². The second kappa shape index (κ2) is 13.1. The summed E-state index contributed by atoms with van der Waals surface area (Å²) in [6.07, 6.45) is 0.962. The molecular formula is C50H37N. The van der Waals surface area contributed by atoms with Gasteiger partial charge in [-0.05, 0) is 116 Å². The van der Waals surface area contributed by atoms with Crippen LogP contribution in [0.2, 0.25) is 0 Å². The van der Waals surface area contributed by atoms with E-state index in [9.17, 15) is 0 Å². The van der Waals surface area contributed by atoms with Crippen molar-refractivity contribution in [2.75, 3.05) is 0 Å². The number of fused-ring (bicyclic) bond motifs is 3. The van der Waals surface area contributed by atoms with E-state index in [4.69, 9.17) is 0 Å². The van der Waals surface area contributed by atoms with Crippen LogP contribution in [-0.4, -0.2) is 4.57 Å². The molecule has 0 atom stereocenters. The van der Waals surface area contributed by atoms with E-state index >= 15 is 0 Å². The molecule has 1 heteroatoms. The SMILES string of the molecule is CCc1ccc(-c2cccc(-c3cccc(-c4ccccc4)c3)c2)cc1-c1cccc(-n2c3ccccc3c3cc(-c4ccccc4)ccc32)c1. The van der Waals surface area contributed by atoms with Gasteiger partial charge in [0.2, 0.25) is 0 Å². The number of aromatic nitrogens is 1. The Hall–Kier alpha value is -6.44. The first-order valence-corrected chi connectivity index (χ1v) is 17.8. The lowest BCUT2D eigenvalue weighted by atomic mass is 9.92. The Bertz CT molecular complexity index is 2660. The topological polar surface area (TPSA) is 4.93 Å². The van der Waals surface area contributed by atoms with Crippen LogP contribution in [0.4, 0.5) is 0 Å².